The number of fused-ring (bicyclic) bond motifs is 4. The van der Waals surface area contributed by atoms with Crippen LogP contribution in [-0.4, -0.2) is 61.7 Å². The minimum absolute atomic E-state index is 0.0842. The van der Waals surface area contributed by atoms with Crippen molar-refractivity contribution in [2.75, 3.05) is 33.9 Å². The molecule has 0 amide bonds. The molecule has 0 saturated carbocycles. The maximum Gasteiger partial charge on any atom is 0.243 e. The molecule has 236 valence electrons. The van der Waals surface area contributed by atoms with Crippen LogP contribution in [0.4, 0.5) is 0 Å². The molecule has 1 saturated heterocycles. The lowest BCUT2D eigenvalue weighted by Crippen LogP contribution is -2.47. The Morgan fingerprint density at radius 1 is 0.841 bits per heavy atom. The summed E-state index contributed by atoms with van der Waals surface area (Å²) >= 11 is 0. The highest BCUT2D eigenvalue weighted by atomic mass is 32.2. The Kier molecular flexibility index (Phi) is 9.04. The van der Waals surface area contributed by atoms with Gasteiger partial charge in [-0.05, 0) is 95.2 Å². The van der Waals surface area contributed by atoms with Gasteiger partial charge in [0.15, 0.2) is 11.5 Å². The number of hydrogen-bond donors (Lipinski definition) is 2. The average Bonchev–Trinajstić information content (AvgIpc) is 3.06. The Bertz CT molecular complexity index is 1590. The van der Waals surface area contributed by atoms with Crippen LogP contribution in [0.3, 0.4) is 0 Å². The number of methoxy groups -OCH3 is 2. The Hall–Kier alpha value is -2.95. The normalized spacial score (nSPS) is 23.8. The lowest BCUT2D eigenvalue weighted by atomic mass is 9.72. The topological polar surface area (TPSA) is 99.5 Å². The third-order valence-corrected chi connectivity index (χ3v) is 12.2. The molecular weight excluding hydrogens is 576 g/mol. The van der Waals surface area contributed by atoms with Gasteiger partial charge in [0.1, 0.15) is 0 Å². The van der Waals surface area contributed by atoms with Crippen LogP contribution in [0.25, 0.3) is 0 Å². The third kappa shape index (κ3) is 5.54. The Morgan fingerprint density at radius 2 is 1.50 bits per heavy atom. The molecule has 0 radical (unpaired) electrons. The molecule has 8 nitrogen and oxygen atoms in total. The van der Waals surface area contributed by atoms with E-state index in [0.29, 0.717) is 41.7 Å². The van der Waals surface area contributed by atoms with Crippen molar-refractivity contribution in [2.24, 2.45) is 11.8 Å². The average molecular weight is 621 g/mol. The van der Waals surface area contributed by atoms with Gasteiger partial charge in [0.2, 0.25) is 10.0 Å². The molecule has 3 aliphatic rings. The summed E-state index contributed by atoms with van der Waals surface area (Å²) in [5, 5.41) is 20.0. The maximum absolute atomic E-state index is 14.2. The summed E-state index contributed by atoms with van der Waals surface area (Å²) in [4.78, 5) is 2.89. The monoisotopic (exact) mass is 620 g/mol. The van der Waals surface area contributed by atoms with Gasteiger partial charge in [-0.3, -0.25) is 4.90 Å². The van der Waals surface area contributed by atoms with Crippen LogP contribution in [0.1, 0.15) is 71.7 Å². The minimum Gasteiger partial charge on any atom is -0.493 e. The fourth-order valence-electron chi connectivity index (χ4n) is 7.92. The standard InChI is InChI=1S/C35H44N2O6S/c1-4-23-20-36-12-10-24-14-27(21-38)28(22-39)15-30(24)32(36)16-26(23)17-33-31-19-35(43-3)34(42-2)18-25(31)11-13-37(33)44(40,41)29-8-6-5-7-9-29/h5-9,14-15,18-19,23,26,32-33,38-39H,4,10-13,16-17,20-22H2,1-3H3. The number of ether oxygens (including phenoxy) is 2. The zero-order valence-corrected chi connectivity index (χ0v) is 26.7. The lowest BCUT2D eigenvalue weighted by molar-refractivity contribution is 0.0387. The second-order valence-corrected chi connectivity index (χ2v) is 14.3. The molecule has 9 heteroatoms. The van der Waals surface area contributed by atoms with Crippen LogP contribution in [0.5, 0.6) is 11.5 Å². The zero-order chi connectivity index (χ0) is 31.0. The number of rotatable bonds is 9. The molecule has 0 aromatic heterocycles. The van der Waals surface area contributed by atoms with Crippen molar-refractivity contribution in [1.29, 1.82) is 0 Å². The van der Waals surface area contributed by atoms with E-state index in [0.717, 1.165) is 54.6 Å². The van der Waals surface area contributed by atoms with Gasteiger partial charge in [0.25, 0.3) is 0 Å². The summed E-state index contributed by atoms with van der Waals surface area (Å²) in [7, 11) is -0.507. The van der Waals surface area contributed by atoms with Gasteiger partial charge in [-0.1, -0.05) is 43.7 Å². The number of aliphatic hydroxyl groups is 2. The number of benzene rings is 3. The number of sulfonamides is 1. The first-order valence-corrected chi connectivity index (χ1v) is 17.2. The Balaban J connectivity index is 1.40. The number of piperidine rings is 1. The first kappa shape index (κ1) is 31.0. The van der Waals surface area contributed by atoms with Gasteiger partial charge in [-0.2, -0.15) is 4.31 Å². The van der Waals surface area contributed by atoms with Crippen LogP contribution in [0.15, 0.2) is 59.5 Å². The Labute approximate surface area is 261 Å². The molecule has 6 rings (SSSR count). The first-order valence-electron chi connectivity index (χ1n) is 15.7. The van der Waals surface area contributed by atoms with Crippen molar-refractivity contribution < 1.29 is 28.1 Å². The van der Waals surface area contributed by atoms with E-state index in [2.05, 4.69) is 24.0 Å². The molecular formula is C35H44N2O6S. The number of nitrogens with zero attached hydrogens (tertiary/aromatic N) is 2. The molecule has 44 heavy (non-hydrogen) atoms. The molecule has 0 bridgehead atoms. The fourth-order valence-corrected chi connectivity index (χ4v) is 9.56. The van der Waals surface area contributed by atoms with Crippen molar-refractivity contribution in [2.45, 2.75) is 69.2 Å². The largest absolute Gasteiger partial charge is 0.493 e. The SMILES string of the molecule is CCC1CN2CCc3cc(CO)c(CO)cc3C2CC1CC1c2cc(OC)c(OC)cc2CCN1S(=O)(=O)c1ccccc1. The minimum atomic E-state index is -3.75. The molecule has 1 fully saturated rings. The quantitative estimate of drug-likeness (QED) is 0.347. The van der Waals surface area contributed by atoms with Crippen molar-refractivity contribution >= 4 is 10.0 Å². The van der Waals surface area contributed by atoms with Crippen LogP contribution in [0.2, 0.25) is 0 Å². The molecule has 0 aliphatic carbocycles. The number of hydrogen-bond acceptors (Lipinski definition) is 7. The molecule has 3 aromatic carbocycles. The molecule has 4 unspecified atom stereocenters. The molecule has 0 spiro atoms. The molecule has 2 N–H and O–H groups in total. The van der Waals surface area contributed by atoms with E-state index in [4.69, 9.17) is 9.47 Å². The summed E-state index contributed by atoms with van der Waals surface area (Å²) in [5.74, 6) is 1.97. The van der Waals surface area contributed by atoms with Crippen molar-refractivity contribution in [3.05, 3.63) is 88.0 Å². The van der Waals surface area contributed by atoms with E-state index in [-0.39, 0.29) is 31.2 Å². The van der Waals surface area contributed by atoms with E-state index in [1.807, 2.05) is 18.2 Å². The van der Waals surface area contributed by atoms with Crippen LogP contribution < -0.4 is 9.47 Å². The predicted octanol–water partition coefficient (Wildman–Crippen LogP) is 5.01. The highest BCUT2D eigenvalue weighted by Crippen LogP contribution is 2.49. The lowest BCUT2D eigenvalue weighted by Gasteiger charge is -2.49. The smallest absolute Gasteiger partial charge is 0.243 e. The van der Waals surface area contributed by atoms with Crippen molar-refractivity contribution in [3.63, 3.8) is 0 Å². The summed E-state index contributed by atoms with van der Waals surface area (Å²) < 4.78 is 41.5. The van der Waals surface area contributed by atoms with Gasteiger partial charge in [-0.15, -0.1) is 0 Å². The first-order chi connectivity index (χ1) is 21.3. The van der Waals surface area contributed by atoms with Crippen molar-refractivity contribution in [3.8, 4) is 11.5 Å². The van der Waals surface area contributed by atoms with Crippen molar-refractivity contribution in [1.82, 2.24) is 9.21 Å². The van der Waals surface area contributed by atoms with Gasteiger partial charge in [0, 0.05) is 25.7 Å². The van der Waals surface area contributed by atoms with E-state index < -0.39 is 10.0 Å². The van der Waals surface area contributed by atoms with Gasteiger partial charge < -0.3 is 19.7 Å². The van der Waals surface area contributed by atoms with Crippen LogP contribution >= 0.6 is 0 Å². The highest BCUT2D eigenvalue weighted by Gasteiger charge is 2.43. The zero-order valence-electron chi connectivity index (χ0n) is 25.9. The molecule has 3 aromatic rings. The van der Waals surface area contributed by atoms with E-state index in [1.54, 1.807) is 42.8 Å². The second-order valence-electron chi connectivity index (χ2n) is 12.4. The summed E-state index contributed by atoms with van der Waals surface area (Å²) in [6.45, 7) is 4.37. The molecule has 3 heterocycles. The van der Waals surface area contributed by atoms with Gasteiger partial charge in [0.05, 0.1) is 38.4 Å². The van der Waals surface area contributed by atoms with E-state index >= 15 is 0 Å². The van der Waals surface area contributed by atoms with Gasteiger partial charge >= 0.3 is 0 Å². The highest BCUT2D eigenvalue weighted by molar-refractivity contribution is 7.89. The maximum atomic E-state index is 14.2. The summed E-state index contributed by atoms with van der Waals surface area (Å²) in [6, 6.07) is 16.8. The second kappa shape index (κ2) is 12.8. The van der Waals surface area contributed by atoms with Gasteiger partial charge in [-0.25, -0.2) is 8.42 Å². The summed E-state index contributed by atoms with van der Waals surface area (Å²) in [5.41, 5.74) is 6.15. The number of aliphatic hydroxyl groups excluding tert-OH is 2. The molecule has 4 atom stereocenters. The fraction of sp³-hybridized carbons (Fsp3) is 0.486. The third-order valence-electron chi connectivity index (χ3n) is 10.3. The van der Waals surface area contributed by atoms with E-state index in [9.17, 15) is 18.6 Å². The van der Waals surface area contributed by atoms with Crippen LogP contribution in [0, 0.1) is 11.8 Å². The van der Waals surface area contributed by atoms with E-state index in [1.165, 1.54) is 11.1 Å². The predicted molar refractivity (Wildman–Crippen MR) is 169 cm³/mol. The summed E-state index contributed by atoms with van der Waals surface area (Å²) in [6.07, 6.45) is 4.15. The molecule has 3 aliphatic heterocycles. The Morgan fingerprint density at radius 3 is 2.18 bits per heavy atom. The van der Waals surface area contributed by atoms with Crippen LogP contribution in [-0.2, 0) is 36.1 Å².